The third-order valence-electron chi connectivity index (χ3n) is 6.05. The van der Waals surface area contributed by atoms with Crippen molar-refractivity contribution in [3.8, 4) is 0 Å². The van der Waals surface area contributed by atoms with Crippen LogP contribution in [0.3, 0.4) is 0 Å². The van der Waals surface area contributed by atoms with E-state index in [1.54, 1.807) is 12.1 Å². The van der Waals surface area contributed by atoms with E-state index in [0.29, 0.717) is 10.6 Å². The Balaban J connectivity index is 1.65. The normalized spacial score (nSPS) is 14.4. The van der Waals surface area contributed by atoms with Crippen LogP contribution in [0.1, 0.15) is 52.5 Å². The van der Waals surface area contributed by atoms with E-state index >= 15 is 0 Å². The first-order valence-electron chi connectivity index (χ1n) is 11.6. The highest BCUT2D eigenvalue weighted by atomic mass is 32.1. The van der Waals surface area contributed by atoms with Gasteiger partial charge in [0.25, 0.3) is 5.91 Å². The highest BCUT2D eigenvalue weighted by Gasteiger charge is 2.34. The van der Waals surface area contributed by atoms with Crippen LogP contribution in [-0.4, -0.2) is 30.3 Å². The van der Waals surface area contributed by atoms with Crippen molar-refractivity contribution in [2.75, 3.05) is 11.4 Å². The molecular weight excluding hydrogens is 446 g/mol. The minimum atomic E-state index is -0.851. The number of rotatable bonds is 8. The van der Waals surface area contributed by atoms with Gasteiger partial charge in [-0.25, -0.2) is 0 Å². The number of nitrogens with one attached hydrogen (secondary N) is 2. The quantitative estimate of drug-likeness (QED) is 0.499. The van der Waals surface area contributed by atoms with Gasteiger partial charge in [0.05, 0.1) is 11.4 Å². The van der Waals surface area contributed by atoms with Crippen molar-refractivity contribution in [3.05, 3.63) is 88.1 Å². The molecule has 1 aromatic heterocycles. The first-order chi connectivity index (χ1) is 16.5. The van der Waals surface area contributed by atoms with E-state index in [-0.39, 0.29) is 30.3 Å². The van der Waals surface area contributed by atoms with Crippen LogP contribution < -0.4 is 15.5 Å². The molecule has 0 saturated heterocycles. The summed E-state index contributed by atoms with van der Waals surface area (Å²) in [7, 11) is 0. The Bertz CT molecular complexity index is 1110. The predicted octanol–water partition coefficient (Wildman–Crippen LogP) is 4.62. The molecule has 176 valence electrons. The number of carbonyl (C=O) groups excluding carboxylic acids is 3. The SMILES string of the molecule is Cc1ccc(N(C(=O)CNC(=O)c2cccs2)C(C(=O)NC2CCCC2)c2ccccc2)cc1. The fourth-order valence-electron chi connectivity index (χ4n) is 4.28. The van der Waals surface area contributed by atoms with Crippen LogP contribution in [-0.2, 0) is 9.59 Å². The molecule has 0 aliphatic heterocycles. The first kappa shape index (κ1) is 23.7. The highest BCUT2D eigenvalue weighted by molar-refractivity contribution is 7.12. The van der Waals surface area contributed by atoms with Crippen LogP contribution >= 0.6 is 11.3 Å². The summed E-state index contributed by atoms with van der Waals surface area (Å²) in [5.74, 6) is -0.875. The zero-order valence-corrected chi connectivity index (χ0v) is 20.0. The third-order valence-corrected chi connectivity index (χ3v) is 6.92. The molecule has 1 heterocycles. The molecule has 1 saturated carbocycles. The fraction of sp³-hybridized carbons (Fsp3) is 0.296. The molecule has 1 fully saturated rings. The molecule has 3 amide bonds. The lowest BCUT2D eigenvalue weighted by Gasteiger charge is -2.32. The average Bonchev–Trinajstić information content (AvgIpc) is 3.57. The second-order valence-corrected chi connectivity index (χ2v) is 9.51. The standard InChI is InChI=1S/C27H29N3O3S/c1-19-13-15-22(16-14-19)30(24(31)18-28-26(32)23-12-7-17-34-23)25(20-8-3-2-4-9-20)27(33)29-21-10-5-6-11-21/h2-4,7-9,12-17,21,25H,5-6,10-11,18H2,1H3,(H,28,32)(H,29,33). The molecule has 3 aromatic rings. The summed E-state index contributed by atoms with van der Waals surface area (Å²) in [6.45, 7) is 1.75. The van der Waals surface area contributed by atoms with Gasteiger partial charge >= 0.3 is 0 Å². The van der Waals surface area contributed by atoms with Crippen LogP contribution in [0.4, 0.5) is 5.69 Å². The zero-order valence-electron chi connectivity index (χ0n) is 19.2. The number of thiophene rings is 1. The molecule has 1 aliphatic carbocycles. The van der Waals surface area contributed by atoms with Gasteiger partial charge < -0.3 is 10.6 Å². The summed E-state index contributed by atoms with van der Waals surface area (Å²) in [6, 6.07) is 19.6. The lowest BCUT2D eigenvalue weighted by molar-refractivity contribution is -0.126. The van der Waals surface area contributed by atoms with E-state index < -0.39 is 6.04 Å². The monoisotopic (exact) mass is 475 g/mol. The van der Waals surface area contributed by atoms with Gasteiger partial charge in [-0.15, -0.1) is 11.3 Å². The lowest BCUT2D eigenvalue weighted by atomic mass is 10.0. The van der Waals surface area contributed by atoms with Gasteiger partial charge in [-0.2, -0.15) is 0 Å². The van der Waals surface area contributed by atoms with E-state index in [2.05, 4.69) is 10.6 Å². The van der Waals surface area contributed by atoms with Gasteiger partial charge in [0.15, 0.2) is 0 Å². The van der Waals surface area contributed by atoms with Crippen LogP contribution in [0.2, 0.25) is 0 Å². The van der Waals surface area contributed by atoms with Gasteiger partial charge in [0.1, 0.15) is 6.04 Å². The van der Waals surface area contributed by atoms with E-state index in [9.17, 15) is 14.4 Å². The maximum atomic E-state index is 13.6. The number of carbonyl (C=O) groups is 3. The molecular formula is C27H29N3O3S. The molecule has 1 aliphatic rings. The van der Waals surface area contributed by atoms with Crippen molar-refractivity contribution in [2.24, 2.45) is 0 Å². The van der Waals surface area contributed by atoms with E-state index in [1.165, 1.54) is 16.2 Å². The fourth-order valence-corrected chi connectivity index (χ4v) is 4.92. The molecule has 0 radical (unpaired) electrons. The van der Waals surface area contributed by atoms with E-state index in [1.807, 2.05) is 66.9 Å². The van der Waals surface area contributed by atoms with Crippen molar-refractivity contribution in [1.29, 1.82) is 0 Å². The van der Waals surface area contributed by atoms with Gasteiger partial charge in [0.2, 0.25) is 11.8 Å². The summed E-state index contributed by atoms with van der Waals surface area (Å²) in [4.78, 5) is 41.7. The summed E-state index contributed by atoms with van der Waals surface area (Å²) >= 11 is 1.31. The summed E-state index contributed by atoms with van der Waals surface area (Å²) < 4.78 is 0. The molecule has 7 heteroatoms. The summed E-state index contributed by atoms with van der Waals surface area (Å²) in [6.07, 6.45) is 4.08. The molecule has 4 rings (SSSR count). The van der Waals surface area contributed by atoms with Crippen LogP contribution in [0.25, 0.3) is 0 Å². The zero-order chi connectivity index (χ0) is 23.9. The second-order valence-electron chi connectivity index (χ2n) is 8.56. The minimum Gasteiger partial charge on any atom is -0.351 e. The van der Waals surface area contributed by atoms with Crippen molar-refractivity contribution < 1.29 is 14.4 Å². The smallest absolute Gasteiger partial charge is 0.261 e. The molecule has 34 heavy (non-hydrogen) atoms. The van der Waals surface area contributed by atoms with E-state index in [0.717, 1.165) is 36.8 Å². The second kappa shape index (κ2) is 11.1. The Morgan fingerprint density at radius 3 is 2.32 bits per heavy atom. The largest absolute Gasteiger partial charge is 0.351 e. The molecule has 2 N–H and O–H groups in total. The van der Waals surface area contributed by atoms with Gasteiger partial charge in [-0.05, 0) is 48.9 Å². The Labute approximate surface area is 204 Å². The third kappa shape index (κ3) is 5.72. The molecule has 0 bridgehead atoms. The molecule has 1 unspecified atom stereocenters. The Kier molecular flexibility index (Phi) is 7.75. The maximum absolute atomic E-state index is 13.6. The maximum Gasteiger partial charge on any atom is 0.261 e. The van der Waals surface area contributed by atoms with Crippen molar-refractivity contribution in [3.63, 3.8) is 0 Å². The Morgan fingerprint density at radius 1 is 0.971 bits per heavy atom. The molecule has 2 aromatic carbocycles. The van der Waals surface area contributed by atoms with Gasteiger partial charge in [0, 0.05) is 11.7 Å². The number of hydrogen-bond acceptors (Lipinski definition) is 4. The average molecular weight is 476 g/mol. The van der Waals surface area contributed by atoms with Crippen molar-refractivity contribution in [1.82, 2.24) is 10.6 Å². The Morgan fingerprint density at radius 2 is 1.68 bits per heavy atom. The molecule has 0 spiro atoms. The van der Waals surface area contributed by atoms with Crippen molar-refractivity contribution >= 4 is 34.7 Å². The number of aryl methyl sites for hydroxylation is 1. The minimum absolute atomic E-state index is 0.118. The lowest BCUT2D eigenvalue weighted by Crippen LogP contribution is -2.49. The Hall–Kier alpha value is -3.45. The van der Waals surface area contributed by atoms with Crippen LogP contribution in [0.15, 0.2) is 72.1 Å². The molecule has 6 nitrogen and oxygen atoms in total. The van der Waals surface area contributed by atoms with Crippen LogP contribution in [0, 0.1) is 6.92 Å². The topological polar surface area (TPSA) is 78.5 Å². The number of nitrogens with zero attached hydrogens (tertiary/aromatic N) is 1. The van der Waals surface area contributed by atoms with Gasteiger partial charge in [-0.1, -0.05) is 66.9 Å². The number of hydrogen-bond donors (Lipinski definition) is 2. The summed E-state index contributed by atoms with van der Waals surface area (Å²) in [5.41, 5.74) is 2.38. The van der Waals surface area contributed by atoms with Crippen molar-refractivity contribution in [2.45, 2.75) is 44.7 Å². The van der Waals surface area contributed by atoms with Gasteiger partial charge in [-0.3, -0.25) is 19.3 Å². The predicted molar refractivity (Wildman–Crippen MR) is 135 cm³/mol. The number of amides is 3. The number of anilines is 1. The highest BCUT2D eigenvalue weighted by Crippen LogP contribution is 2.29. The molecule has 1 atom stereocenters. The number of benzene rings is 2. The summed E-state index contributed by atoms with van der Waals surface area (Å²) in [5, 5.41) is 7.69. The van der Waals surface area contributed by atoms with Crippen LogP contribution in [0.5, 0.6) is 0 Å². The van der Waals surface area contributed by atoms with E-state index in [4.69, 9.17) is 0 Å². The first-order valence-corrected chi connectivity index (χ1v) is 12.5.